The molecule has 1 heterocycles. The molecule has 2 nitrogen and oxygen atoms in total. The smallest absolute Gasteiger partial charge is 0.0272 e. The molecule has 0 aromatic rings. The van der Waals surface area contributed by atoms with Crippen molar-refractivity contribution in [1.82, 2.24) is 0 Å². The first-order valence-electron chi connectivity index (χ1n) is 2.93. The van der Waals surface area contributed by atoms with Crippen LogP contribution in [0.4, 0.5) is 0 Å². The molecule has 1 aliphatic heterocycles. The molecule has 0 unspecified atom stereocenters. The second-order valence-corrected chi connectivity index (χ2v) is 2.17. The Kier molecular flexibility index (Phi) is 1.78. The van der Waals surface area contributed by atoms with Gasteiger partial charge in [0.15, 0.2) is 0 Å². The summed E-state index contributed by atoms with van der Waals surface area (Å²) in [6.45, 7) is 2.20. The van der Waals surface area contributed by atoms with Gasteiger partial charge >= 0.3 is 0 Å². The molecule has 2 heteroatoms. The highest BCUT2D eigenvalue weighted by molar-refractivity contribution is 5.64. The fraction of sp³-hybridized carbons (Fsp3) is 0.667. The molecule has 0 radical (unpaired) electrons. The van der Waals surface area contributed by atoms with Crippen molar-refractivity contribution in [2.45, 2.75) is 19.8 Å². The van der Waals surface area contributed by atoms with E-state index in [9.17, 15) is 0 Å². The van der Waals surface area contributed by atoms with E-state index in [0.717, 1.165) is 18.8 Å². The van der Waals surface area contributed by atoms with Crippen molar-refractivity contribution in [2.75, 3.05) is 0 Å². The second-order valence-electron chi connectivity index (χ2n) is 2.17. The van der Waals surface area contributed by atoms with Gasteiger partial charge in [0.2, 0.25) is 0 Å². The van der Waals surface area contributed by atoms with E-state index in [1.807, 2.05) is 12.4 Å². The highest BCUT2D eigenvalue weighted by Gasteiger charge is 1.98. The quantitative estimate of drug-likeness (QED) is 0.451. The molecular formula is C6H10N2. The Bertz CT molecular complexity index is 102. The highest BCUT2D eigenvalue weighted by Crippen LogP contribution is 2.05. The van der Waals surface area contributed by atoms with Crippen LogP contribution in [0.3, 0.4) is 0 Å². The van der Waals surface area contributed by atoms with Crippen LogP contribution in [0.2, 0.25) is 0 Å². The monoisotopic (exact) mass is 110 g/mol. The summed E-state index contributed by atoms with van der Waals surface area (Å²) in [5.74, 6) is 0.727. The minimum absolute atomic E-state index is 0.727. The molecule has 0 N–H and O–H groups in total. The van der Waals surface area contributed by atoms with Gasteiger partial charge < -0.3 is 0 Å². The zero-order chi connectivity index (χ0) is 5.82. The Morgan fingerprint density at radius 2 is 1.75 bits per heavy atom. The maximum Gasteiger partial charge on any atom is 0.0272 e. The van der Waals surface area contributed by atoms with Gasteiger partial charge in [-0.3, -0.25) is 0 Å². The van der Waals surface area contributed by atoms with Crippen molar-refractivity contribution in [3.63, 3.8) is 0 Å². The lowest BCUT2D eigenvalue weighted by Crippen LogP contribution is -1.92. The molecule has 0 spiro atoms. The average Bonchev–Trinajstić information content (AvgIpc) is 1.94. The molecule has 8 heavy (non-hydrogen) atoms. The summed E-state index contributed by atoms with van der Waals surface area (Å²) in [7, 11) is 0. The maximum atomic E-state index is 3.77. The predicted molar refractivity (Wildman–Crippen MR) is 35.4 cm³/mol. The van der Waals surface area contributed by atoms with Crippen molar-refractivity contribution in [2.24, 2.45) is 16.1 Å². The molecule has 0 saturated carbocycles. The first-order chi connectivity index (χ1) is 3.89. The average molecular weight is 110 g/mol. The van der Waals surface area contributed by atoms with Crippen molar-refractivity contribution in [1.29, 1.82) is 0 Å². The Labute approximate surface area is 49.3 Å². The van der Waals surface area contributed by atoms with E-state index in [2.05, 4.69) is 17.1 Å². The van der Waals surface area contributed by atoms with E-state index in [1.165, 1.54) is 0 Å². The standard InChI is InChI=1S/C6H10N2/c1-6-2-4-7-8-5-3-6/h4-6H,2-3H2,1H3. The first-order valence-corrected chi connectivity index (χ1v) is 2.93. The lowest BCUT2D eigenvalue weighted by molar-refractivity contribution is 0.653. The Morgan fingerprint density at radius 1 is 1.25 bits per heavy atom. The van der Waals surface area contributed by atoms with Crippen LogP contribution in [-0.4, -0.2) is 12.4 Å². The molecule has 0 aromatic heterocycles. The topological polar surface area (TPSA) is 24.7 Å². The predicted octanol–water partition coefficient (Wildman–Crippen LogP) is 1.47. The third kappa shape index (κ3) is 1.45. The van der Waals surface area contributed by atoms with Crippen LogP contribution in [0.5, 0.6) is 0 Å². The van der Waals surface area contributed by atoms with Gasteiger partial charge in [0, 0.05) is 12.4 Å². The van der Waals surface area contributed by atoms with E-state index in [0.29, 0.717) is 0 Å². The van der Waals surface area contributed by atoms with Crippen molar-refractivity contribution < 1.29 is 0 Å². The number of hydrogen-bond donors (Lipinski definition) is 0. The van der Waals surface area contributed by atoms with Gasteiger partial charge in [0.25, 0.3) is 0 Å². The zero-order valence-corrected chi connectivity index (χ0v) is 5.04. The van der Waals surface area contributed by atoms with E-state index < -0.39 is 0 Å². The Hall–Kier alpha value is -0.660. The Morgan fingerprint density at radius 3 is 2.25 bits per heavy atom. The Balaban J connectivity index is 2.45. The van der Waals surface area contributed by atoms with Crippen molar-refractivity contribution in [3.8, 4) is 0 Å². The zero-order valence-electron chi connectivity index (χ0n) is 5.04. The minimum atomic E-state index is 0.727. The molecule has 0 atom stereocenters. The van der Waals surface area contributed by atoms with Crippen LogP contribution in [0, 0.1) is 5.92 Å². The van der Waals surface area contributed by atoms with Crippen molar-refractivity contribution >= 4 is 12.4 Å². The fourth-order valence-electron chi connectivity index (χ4n) is 0.645. The second kappa shape index (κ2) is 2.60. The van der Waals surface area contributed by atoms with Gasteiger partial charge in [0.1, 0.15) is 0 Å². The summed E-state index contributed by atoms with van der Waals surface area (Å²) in [5.41, 5.74) is 0. The molecule has 0 aliphatic carbocycles. The fourth-order valence-corrected chi connectivity index (χ4v) is 0.645. The SMILES string of the molecule is CC1CC=NN=CC1. The van der Waals surface area contributed by atoms with Crippen molar-refractivity contribution in [3.05, 3.63) is 0 Å². The molecule has 0 bridgehead atoms. The lowest BCUT2D eigenvalue weighted by atomic mass is 10.1. The van der Waals surface area contributed by atoms with Gasteiger partial charge in [-0.1, -0.05) is 6.92 Å². The number of nitrogens with zero attached hydrogens (tertiary/aromatic N) is 2. The largest absolute Gasteiger partial charge is 0.164 e. The van der Waals surface area contributed by atoms with Gasteiger partial charge in [-0.05, 0) is 18.8 Å². The van der Waals surface area contributed by atoms with Gasteiger partial charge in [-0.25, -0.2) is 0 Å². The summed E-state index contributed by atoms with van der Waals surface area (Å²) in [4.78, 5) is 0. The molecule has 1 aliphatic rings. The summed E-state index contributed by atoms with van der Waals surface area (Å²) in [5, 5.41) is 7.53. The van der Waals surface area contributed by atoms with Crippen LogP contribution < -0.4 is 0 Å². The lowest BCUT2D eigenvalue weighted by Gasteiger charge is -1.97. The van der Waals surface area contributed by atoms with Crippen LogP contribution in [0.15, 0.2) is 10.2 Å². The molecule has 0 saturated heterocycles. The summed E-state index contributed by atoms with van der Waals surface area (Å²) in [6.07, 6.45) is 5.88. The van der Waals surface area contributed by atoms with E-state index in [-0.39, 0.29) is 0 Å². The summed E-state index contributed by atoms with van der Waals surface area (Å²) < 4.78 is 0. The van der Waals surface area contributed by atoms with Gasteiger partial charge in [-0.15, -0.1) is 0 Å². The normalized spacial score (nSPS) is 21.1. The summed E-state index contributed by atoms with van der Waals surface area (Å²) in [6, 6.07) is 0. The molecular weight excluding hydrogens is 100 g/mol. The highest BCUT2D eigenvalue weighted by atomic mass is 15.2. The molecule has 44 valence electrons. The minimum Gasteiger partial charge on any atom is -0.164 e. The van der Waals surface area contributed by atoms with E-state index in [1.54, 1.807) is 0 Å². The summed E-state index contributed by atoms with van der Waals surface area (Å²) >= 11 is 0. The maximum absolute atomic E-state index is 3.77. The van der Waals surface area contributed by atoms with E-state index >= 15 is 0 Å². The molecule has 1 rings (SSSR count). The van der Waals surface area contributed by atoms with Gasteiger partial charge in [0.05, 0.1) is 0 Å². The number of rotatable bonds is 0. The first kappa shape index (κ1) is 5.48. The molecule has 0 amide bonds. The number of hydrogen-bond acceptors (Lipinski definition) is 2. The van der Waals surface area contributed by atoms with Crippen LogP contribution in [0.25, 0.3) is 0 Å². The van der Waals surface area contributed by atoms with Crippen LogP contribution in [-0.2, 0) is 0 Å². The van der Waals surface area contributed by atoms with E-state index in [4.69, 9.17) is 0 Å². The molecule has 0 fully saturated rings. The van der Waals surface area contributed by atoms with Crippen LogP contribution >= 0.6 is 0 Å². The molecule has 0 aromatic carbocycles. The third-order valence-corrected chi connectivity index (χ3v) is 1.25. The van der Waals surface area contributed by atoms with Crippen LogP contribution in [0.1, 0.15) is 19.8 Å². The third-order valence-electron chi connectivity index (χ3n) is 1.25. The van der Waals surface area contributed by atoms with Gasteiger partial charge in [-0.2, -0.15) is 10.2 Å².